The molecule has 0 aromatic rings. The number of carboxylic acids is 1. The van der Waals surface area contributed by atoms with Crippen LogP contribution in [0.5, 0.6) is 0 Å². The highest BCUT2D eigenvalue weighted by Gasteiger charge is 2.24. The zero-order valence-electron chi connectivity index (χ0n) is 5.39. The Morgan fingerprint density at radius 1 is 1.50 bits per heavy atom. The quantitative estimate of drug-likeness (QED) is 0.500. The molecule has 0 bridgehead atoms. The fraction of sp³-hybridized carbons (Fsp3) is 0.800. The Kier molecular flexibility index (Phi) is 7.97. The Hall–Kier alpha value is 0.390. The molecule has 1 aliphatic heterocycles. The van der Waals surface area contributed by atoms with Crippen LogP contribution in [0.25, 0.3) is 0 Å². The molecule has 1 heterocycles. The molecule has 1 atom stereocenters. The van der Waals surface area contributed by atoms with Crippen LogP contribution in [0.3, 0.4) is 0 Å². The number of carbonyl (C=O) groups is 1. The molecule has 0 spiro atoms. The second kappa shape index (κ2) is 6.12. The predicted molar refractivity (Wildman–Crippen MR) is 27.5 cm³/mol. The van der Waals surface area contributed by atoms with E-state index in [0.717, 1.165) is 19.4 Å². The van der Waals surface area contributed by atoms with Gasteiger partial charge < -0.3 is 44.4 Å². The summed E-state index contributed by atoms with van der Waals surface area (Å²) in [5.74, 6) is -0.664. The average molecular weight is 276 g/mol. The Balaban J connectivity index is 0. The number of hydrogen-bond donors (Lipinski definition) is 2. The van der Waals surface area contributed by atoms with Gasteiger partial charge in [0.05, 0.1) is 6.54 Å². The van der Waals surface area contributed by atoms with Crippen LogP contribution in [0.4, 0.5) is 0 Å². The molecule has 0 unspecified atom stereocenters. The van der Waals surface area contributed by atoms with Crippen LogP contribution in [-0.2, 0) is 4.79 Å². The molecule has 3 N–H and O–H groups in total. The molecule has 0 aliphatic carbocycles. The summed E-state index contributed by atoms with van der Waals surface area (Å²) in [6.07, 6.45) is 1.90. The minimum Gasteiger partial charge on any atom is -1.00 e. The summed E-state index contributed by atoms with van der Waals surface area (Å²) in [5, 5.41) is 10.3. The zero-order valence-corrected chi connectivity index (χ0v) is 8.56. The van der Waals surface area contributed by atoms with Crippen LogP contribution in [0.2, 0.25) is 0 Å². The Morgan fingerprint density at radius 3 is 2.30 bits per heavy atom. The lowest BCUT2D eigenvalue weighted by Crippen LogP contribution is -3.00. The van der Waals surface area contributed by atoms with Gasteiger partial charge in [0.15, 0.2) is 6.04 Å². The van der Waals surface area contributed by atoms with E-state index in [1.54, 1.807) is 0 Å². The Morgan fingerprint density at radius 2 is 2.10 bits per heavy atom. The summed E-state index contributed by atoms with van der Waals surface area (Å²) in [4.78, 5) is 10.2. The van der Waals surface area contributed by atoms with Crippen molar-refractivity contribution in [3.8, 4) is 0 Å². The number of quaternary nitrogens is 1. The maximum absolute atomic E-state index is 10.2. The highest BCUT2D eigenvalue weighted by atomic mass is 79.9. The van der Waals surface area contributed by atoms with Crippen molar-refractivity contribution in [2.75, 3.05) is 6.54 Å². The van der Waals surface area contributed by atoms with Crippen LogP contribution in [-0.4, -0.2) is 23.7 Å². The third-order valence-corrected chi connectivity index (χ3v) is 1.49. The van der Waals surface area contributed by atoms with Crippen molar-refractivity contribution in [3.05, 3.63) is 0 Å². The first-order valence-electron chi connectivity index (χ1n) is 2.87. The van der Waals surface area contributed by atoms with Crippen molar-refractivity contribution in [2.45, 2.75) is 18.9 Å². The van der Waals surface area contributed by atoms with Gasteiger partial charge in [0.1, 0.15) is 0 Å². The van der Waals surface area contributed by atoms with E-state index in [0.29, 0.717) is 0 Å². The molecule has 0 aromatic heterocycles. The lowest BCUT2D eigenvalue weighted by Gasteiger charge is -1.96. The number of nitrogens with two attached hydrogens (primary N) is 1. The molecule has 1 aliphatic rings. The molecule has 0 saturated carbocycles. The van der Waals surface area contributed by atoms with Crippen molar-refractivity contribution in [1.29, 1.82) is 0 Å². The average Bonchev–Trinajstić information content (AvgIpc) is 2.12. The van der Waals surface area contributed by atoms with Gasteiger partial charge in [0, 0.05) is 12.8 Å². The molecule has 1 rings (SSSR count). The van der Waals surface area contributed by atoms with Crippen molar-refractivity contribution in [1.82, 2.24) is 0 Å². The van der Waals surface area contributed by atoms with Gasteiger partial charge in [-0.05, 0) is 0 Å². The van der Waals surface area contributed by atoms with Crippen LogP contribution in [0, 0.1) is 0 Å². The summed E-state index contributed by atoms with van der Waals surface area (Å²) in [7, 11) is 0. The fourth-order valence-corrected chi connectivity index (χ4v) is 0.999. The Bertz CT molecular complexity index is 104. The van der Waals surface area contributed by atoms with Crippen LogP contribution < -0.4 is 39.3 Å². The number of halogens is 2. The van der Waals surface area contributed by atoms with Crippen LogP contribution in [0.1, 0.15) is 12.8 Å². The minimum atomic E-state index is -0.664. The molecule has 0 radical (unpaired) electrons. The number of carboxylic acid groups (broad SMARTS) is 1. The first-order chi connectivity index (χ1) is 3.80. The van der Waals surface area contributed by atoms with Crippen molar-refractivity contribution < 1.29 is 49.2 Å². The fourth-order valence-electron chi connectivity index (χ4n) is 0.999. The maximum atomic E-state index is 10.2. The van der Waals surface area contributed by atoms with E-state index in [-0.39, 0.29) is 40.0 Å². The summed E-state index contributed by atoms with van der Waals surface area (Å²) < 4.78 is 0. The highest BCUT2D eigenvalue weighted by molar-refractivity contribution is 5.71. The monoisotopic (exact) mass is 274 g/mol. The Labute approximate surface area is 80.7 Å². The van der Waals surface area contributed by atoms with Gasteiger partial charge in [-0.15, -0.1) is 0 Å². The van der Waals surface area contributed by atoms with E-state index in [1.807, 2.05) is 5.32 Å². The standard InChI is InChI=1S/C5H9NO2.2BrH/c7-5(8)4-2-1-3-6-4;;/h4,6H,1-3H2,(H,7,8);2*1H/p-1/t4-;;/m0../s1. The van der Waals surface area contributed by atoms with Gasteiger partial charge in [-0.3, -0.25) is 0 Å². The number of hydrogen-bond acceptors (Lipinski definition) is 1. The number of aliphatic carboxylic acids is 1. The SMILES string of the molecule is O=C(O)[C@@H]1CCC[NH2+]1.[Br-].[Br-]. The first-order valence-corrected chi connectivity index (χ1v) is 2.87. The second-order valence-corrected chi connectivity index (χ2v) is 2.11. The summed E-state index contributed by atoms with van der Waals surface area (Å²) in [5.41, 5.74) is 0. The molecule has 0 amide bonds. The van der Waals surface area contributed by atoms with Crippen molar-refractivity contribution >= 4 is 5.97 Å². The van der Waals surface area contributed by atoms with E-state index in [4.69, 9.17) is 5.11 Å². The molecular formula is C5H10Br2NO2-. The third kappa shape index (κ3) is 3.53. The van der Waals surface area contributed by atoms with Gasteiger partial charge in [-0.2, -0.15) is 0 Å². The molecule has 3 nitrogen and oxygen atoms in total. The minimum absolute atomic E-state index is 0. The lowest BCUT2D eigenvalue weighted by molar-refractivity contribution is -0.658. The highest BCUT2D eigenvalue weighted by Crippen LogP contribution is 1.95. The van der Waals surface area contributed by atoms with E-state index in [1.165, 1.54) is 0 Å². The predicted octanol–water partition coefficient (Wildman–Crippen LogP) is -7.20. The molecule has 10 heavy (non-hydrogen) atoms. The maximum Gasteiger partial charge on any atom is 0.362 e. The van der Waals surface area contributed by atoms with Gasteiger partial charge in [0.2, 0.25) is 0 Å². The van der Waals surface area contributed by atoms with Gasteiger partial charge in [-0.25, -0.2) is 4.79 Å². The second-order valence-electron chi connectivity index (χ2n) is 2.11. The van der Waals surface area contributed by atoms with Crippen molar-refractivity contribution in [2.24, 2.45) is 0 Å². The smallest absolute Gasteiger partial charge is 0.362 e. The van der Waals surface area contributed by atoms with E-state index >= 15 is 0 Å². The topological polar surface area (TPSA) is 53.9 Å². The summed E-state index contributed by atoms with van der Waals surface area (Å²) >= 11 is 0. The van der Waals surface area contributed by atoms with Gasteiger partial charge >= 0.3 is 5.97 Å². The molecule has 1 fully saturated rings. The molecule has 1 saturated heterocycles. The van der Waals surface area contributed by atoms with Crippen LogP contribution >= 0.6 is 0 Å². The van der Waals surface area contributed by atoms with Gasteiger partial charge in [0.25, 0.3) is 0 Å². The zero-order chi connectivity index (χ0) is 5.98. The lowest BCUT2D eigenvalue weighted by atomic mass is 10.2. The van der Waals surface area contributed by atoms with E-state index < -0.39 is 5.97 Å². The normalized spacial score (nSPS) is 22.6. The summed E-state index contributed by atoms with van der Waals surface area (Å²) in [6, 6.07) is -0.144. The third-order valence-electron chi connectivity index (χ3n) is 1.49. The first kappa shape index (κ1) is 13.0. The number of rotatable bonds is 1. The molecule has 0 aromatic carbocycles. The van der Waals surface area contributed by atoms with Crippen LogP contribution in [0.15, 0.2) is 0 Å². The largest absolute Gasteiger partial charge is 1.00 e. The summed E-state index contributed by atoms with van der Waals surface area (Å²) in [6.45, 7) is 0.983. The van der Waals surface area contributed by atoms with E-state index in [2.05, 4.69) is 0 Å². The van der Waals surface area contributed by atoms with E-state index in [9.17, 15) is 4.79 Å². The molecule has 62 valence electrons. The molecule has 5 heteroatoms. The van der Waals surface area contributed by atoms with Crippen molar-refractivity contribution in [3.63, 3.8) is 0 Å². The molecular weight excluding hydrogens is 266 g/mol. The van der Waals surface area contributed by atoms with Gasteiger partial charge in [-0.1, -0.05) is 0 Å².